The van der Waals surface area contributed by atoms with E-state index >= 15 is 0 Å². The zero-order valence-corrected chi connectivity index (χ0v) is 11.2. The van der Waals surface area contributed by atoms with E-state index in [1.807, 2.05) is 13.0 Å². The molecule has 16 heavy (non-hydrogen) atoms. The highest BCUT2D eigenvalue weighted by Gasteiger charge is 2.09. The van der Waals surface area contributed by atoms with Crippen molar-refractivity contribution in [1.82, 2.24) is 0 Å². The zero-order valence-electron chi connectivity index (χ0n) is 11.2. The third-order valence-corrected chi connectivity index (χ3v) is 2.82. The monoisotopic (exact) mass is 220 g/mol. The standard InChI is InChI=1S/C15H24O/c1-10(2)6-13-8-14(7-11(3)4)12(5)15(16)9-13/h8-11,16H,6-7H2,1-5H3. The summed E-state index contributed by atoms with van der Waals surface area (Å²) in [4.78, 5) is 0. The first-order chi connectivity index (χ1) is 7.40. The average molecular weight is 220 g/mol. The van der Waals surface area contributed by atoms with Crippen molar-refractivity contribution in [3.05, 3.63) is 28.8 Å². The maximum atomic E-state index is 9.91. The lowest BCUT2D eigenvalue weighted by molar-refractivity contribution is 0.467. The van der Waals surface area contributed by atoms with E-state index in [0.29, 0.717) is 17.6 Å². The number of aromatic hydroxyl groups is 1. The first-order valence-electron chi connectivity index (χ1n) is 6.21. The first-order valence-corrected chi connectivity index (χ1v) is 6.21. The molecule has 0 aliphatic rings. The van der Waals surface area contributed by atoms with Gasteiger partial charge < -0.3 is 5.11 Å². The molecule has 0 aliphatic heterocycles. The lowest BCUT2D eigenvalue weighted by atomic mass is 9.93. The van der Waals surface area contributed by atoms with E-state index in [0.717, 1.165) is 18.4 Å². The molecule has 1 rings (SSSR count). The molecule has 0 bridgehead atoms. The molecule has 1 aromatic carbocycles. The largest absolute Gasteiger partial charge is 0.508 e. The van der Waals surface area contributed by atoms with Crippen molar-refractivity contribution in [1.29, 1.82) is 0 Å². The lowest BCUT2D eigenvalue weighted by Crippen LogP contribution is -2.01. The highest BCUT2D eigenvalue weighted by Crippen LogP contribution is 2.26. The molecule has 0 amide bonds. The second-order valence-electron chi connectivity index (χ2n) is 5.60. The van der Waals surface area contributed by atoms with Gasteiger partial charge in [-0.25, -0.2) is 0 Å². The Morgan fingerprint density at radius 3 is 2.06 bits per heavy atom. The minimum Gasteiger partial charge on any atom is -0.508 e. The molecular weight excluding hydrogens is 196 g/mol. The molecule has 0 heterocycles. The summed E-state index contributed by atoms with van der Waals surface area (Å²) in [5.74, 6) is 1.72. The normalized spacial score (nSPS) is 11.4. The molecule has 1 N–H and O–H groups in total. The van der Waals surface area contributed by atoms with Crippen molar-refractivity contribution < 1.29 is 5.11 Å². The Balaban J connectivity index is 3.01. The summed E-state index contributed by atoms with van der Waals surface area (Å²) in [6.45, 7) is 10.8. The van der Waals surface area contributed by atoms with E-state index in [4.69, 9.17) is 0 Å². The molecule has 1 nitrogen and oxygen atoms in total. The quantitative estimate of drug-likeness (QED) is 0.810. The van der Waals surface area contributed by atoms with Crippen LogP contribution in [0, 0.1) is 18.8 Å². The summed E-state index contributed by atoms with van der Waals surface area (Å²) < 4.78 is 0. The third-order valence-electron chi connectivity index (χ3n) is 2.82. The van der Waals surface area contributed by atoms with Gasteiger partial charge in [0.2, 0.25) is 0 Å². The molecule has 0 aliphatic carbocycles. The molecule has 0 spiro atoms. The van der Waals surface area contributed by atoms with Gasteiger partial charge in [0.1, 0.15) is 5.75 Å². The van der Waals surface area contributed by atoms with Gasteiger partial charge in [-0.2, -0.15) is 0 Å². The van der Waals surface area contributed by atoms with Gasteiger partial charge >= 0.3 is 0 Å². The van der Waals surface area contributed by atoms with Crippen LogP contribution in [0.4, 0.5) is 0 Å². The molecule has 0 unspecified atom stereocenters. The molecule has 0 saturated heterocycles. The van der Waals surface area contributed by atoms with Gasteiger partial charge in [0, 0.05) is 0 Å². The van der Waals surface area contributed by atoms with Gasteiger partial charge in [0.05, 0.1) is 0 Å². The van der Waals surface area contributed by atoms with Crippen molar-refractivity contribution >= 4 is 0 Å². The summed E-state index contributed by atoms with van der Waals surface area (Å²) in [5.41, 5.74) is 3.60. The summed E-state index contributed by atoms with van der Waals surface area (Å²) in [5, 5.41) is 9.91. The maximum Gasteiger partial charge on any atom is 0.119 e. The van der Waals surface area contributed by atoms with Crippen LogP contribution < -0.4 is 0 Å². The fourth-order valence-electron chi connectivity index (χ4n) is 2.06. The van der Waals surface area contributed by atoms with Crippen molar-refractivity contribution in [2.75, 3.05) is 0 Å². The van der Waals surface area contributed by atoms with Crippen LogP contribution in [-0.2, 0) is 12.8 Å². The van der Waals surface area contributed by atoms with E-state index < -0.39 is 0 Å². The molecule has 0 fully saturated rings. The second-order valence-corrected chi connectivity index (χ2v) is 5.60. The molecule has 90 valence electrons. The van der Waals surface area contributed by atoms with Crippen LogP contribution in [0.15, 0.2) is 12.1 Å². The Bertz CT molecular complexity index is 351. The Labute approximate surface area is 99.5 Å². The number of benzene rings is 1. The predicted octanol–water partition coefficient (Wildman–Crippen LogP) is 4.10. The molecule has 0 saturated carbocycles. The Hall–Kier alpha value is -0.980. The SMILES string of the molecule is Cc1c(O)cc(CC(C)C)cc1CC(C)C. The van der Waals surface area contributed by atoms with Gasteiger partial charge in [-0.15, -0.1) is 0 Å². The summed E-state index contributed by atoms with van der Waals surface area (Å²) >= 11 is 0. The van der Waals surface area contributed by atoms with Crippen LogP contribution in [-0.4, -0.2) is 5.11 Å². The highest BCUT2D eigenvalue weighted by molar-refractivity contribution is 5.42. The van der Waals surface area contributed by atoms with Crippen LogP contribution in [0.3, 0.4) is 0 Å². The molecular formula is C15H24O. The Morgan fingerprint density at radius 2 is 1.56 bits per heavy atom. The van der Waals surface area contributed by atoms with Crippen molar-refractivity contribution in [2.45, 2.75) is 47.5 Å². The van der Waals surface area contributed by atoms with E-state index in [-0.39, 0.29) is 0 Å². The smallest absolute Gasteiger partial charge is 0.119 e. The Kier molecular flexibility index (Phi) is 4.40. The average Bonchev–Trinajstić information content (AvgIpc) is 2.11. The van der Waals surface area contributed by atoms with Gasteiger partial charge in [-0.1, -0.05) is 33.8 Å². The number of hydrogen-bond acceptors (Lipinski definition) is 1. The molecule has 0 aromatic heterocycles. The number of hydrogen-bond donors (Lipinski definition) is 1. The van der Waals surface area contributed by atoms with Gasteiger partial charge in [0.25, 0.3) is 0 Å². The number of phenols is 1. The molecule has 1 aromatic rings. The lowest BCUT2D eigenvalue weighted by Gasteiger charge is -2.14. The van der Waals surface area contributed by atoms with Crippen molar-refractivity contribution in [3.63, 3.8) is 0 Å². The number of rotatable bonds is 4. The summed E-state index contributed by atoms with van der Waals surface area (Å²) in [6, 6.07) is 4.17. The van der Waals surface area contributed by atoms with E-state index in [9.17, 15) is 5.11 Å². The van der Waals surface area contributed by atoms with E-state index in [1.54, 1.807) is 0 Å². The van der Waals surface area contributed by atoms with E-state index in [2.05, 4.69) is 33.8 Å². The topological polar surface area (TPSA) is 20.2 Å². The van der Waals surface area contributed by atoms with Crippen molar-refractivity contribution in [2.24, 2.45) is 11.8 Å². The van der Waals surface area contributed by atoms with Crippen molar-refractivity contribution in [3.8, 4) is 5.75 Å². The molecule has 0 atom stereocenters. The van der Waals surface area contributed by atoms with Gasteiger partial charge in [0.15, 0.2) is 0 Å². The van der Waals surface area contributed by atoms with Crippen LogP contribution in [0.25, 0.3) is 0 Å². The van der Waals surface area contributed by atoms with Crippen LogP contribution in [0.5, 0.6) is 5.75 Å². The number of phenolic OH excluding ortho intramolecular Hbond substituents is 1. The minimum atomic E-state index is 0.453. The zero-order chi connectivity index (χ0) is 12.3. The fraction of sp³-hybridized carbons (Fsp3) is 0.600. The minimum absolute atomic E-state index is 0.453. The summed E-state index contributed by atoms with van der Waals surface area (Å²) in [6.07, 6.45) is 2.09. The fourth-order valence-corrected chi connectivity index (χ4v) is 2.06. The van der Waals surface area contributed by atoms with Crippen LogP contribution >= 0.6 is 0 Å². The third kappa shape index (κ3) is 3.55. The highest BCUT2D eigenvalue weighted by atomic mass is 16.3. The van der Waals surface area contributed by atoms with Gasteiger partial charge in [-0.3, -0.25) is 0 Å². The van der Waals surface area contributed by atoms with Crippen LogP contribution in [0.2, 0.25) is 0 Å². The predicted molar refractivity (Wildman–Crippen MR) is 69.9 cm³/mol. The maximum absolute atomic E-state index is 9.91. The van der Waals surface area contributed by atoms with E-state index in [1.165, 1.54) is 11.1 Å². The Morgan fingerprint density at radius 1 is 1.00 bits per heavy atom. The molecule has 0 radical (unpaired) electrons. The second kappa shape index (κ2) is 5.38. The van der Waals surface area contributed by atoms with Gasteiger partial charge in [-0.05, 0) is 54.4 Å². The summed E-state index contributed by atoms with van der Waals surface area (Å²) in [7, 11) is 0. The van der Waals surface area contributed by atoms with Crippen LogP contribution in [0.1, 0.15) is 44.4 Å². The molecule has 1 heteroatoms. The first kappa shape index (κ1) is 13.1.